The minimum Gasteiger partial charge on any atom is -0.484 e. The standard InChI is InChI=1S/C18H15N5O4S2/c1-11-7-14-19-12(8-16(25)23(14)27-11)10-28-18-22-21-17(29-18)20-15(24)9-26-13-5-3-2-4-6-13/h2-8H,9-10H2,1H3,(H,20,21,24). The summed E-state index contributed by atoms with van der Waals surface area (Å²) < 4.78 is 12.5. The van der Waals surface area contributed by atoms with Gasteiger partial charge in [0, 0.05) is 17.9 Å². The molecule has 0 bridgehead atoms. The number of ether oxygens (including phenoxy) is 1. The number of nitrogens with zero attached hydrogens (tertiary/aromatic N) is 4. The van der Waals surface area contributed by atoms with Crippen LogP contribution in [0.15, 0.2) is 56.1 Å². The molecule has 0 saturated carbocycles. The Morgan fingerprint density at radius 1 is 1.28 bits per heavy atom. The third-order valence-electron chi connectivity index (χ3n) is 3.63. The van der Waals surface area contributed by atoms with E-state index in [1.807, 2.05) is 18.2 Å². The van der Waals surface area contributed by atoms with E-state index in [1.54, 1.807) is 25.1 Å². The van der Waals surface area contributed by atoms with Crippen LogP contribution in [0.25, 0.3) is 5.65 Å². The molecule has 3 heterocycles. The van der Waals surface area contributed by atoms with E-state index >= 15 is 0 Å². The Kier molecular flexibility index (Phi) is 5.58. The maximum absolute atomic E-state index is 12.0. The first kappa shape index (κ1) is 19.2. The zero-order chi connectivity index (χ0) is 20.2. The SMILES string of the molecule is Cc1cc2nc(CSc3nnc(NC(=O)COc4ccccc4)s3)cc(=O)n2o1. The molecule has 0 atom stereocenters. The lowest BCUT2D eigenvalue weighted by molar-refractivity contribution is -0.118. The fraction of sp³-hybridized carbons (Fsp3) is 0.167. The van der Waals surface area contributed by atoms with Gasteiger partial charge in [0.2, 0.25) is 5.13 Å². The fourth-order valence-corrected chi connectivity index (χ4v) is 4.08. The summed E-state index contributed by atoms with van der Waals surface area (Å²) in [5, 5.41) is 11.0. The Balaban J connectivity index is 1.32. The molecule has 0 aliphatic heterocycles. The largest absolute Gasteiger partial charge is 0.484 e. The van der Waals surface area contributed by atoms with E-state index in [9.17, 15) is 9.59 Å². The summed E-state index contributed by atoms with van der Waals surface area (Å²) in [5.41, 5.74) is 0.800. The highest BCUT2D eigenvalue weighted by Crippen LogP contribution is 2.27. The highest BCUT2D eigenvalue weighted by atomic mass is 32.2. The topological polar surface area (TPSA) is 112 Å². The average molecular weight is 429 g/mol. The average Bonchev–Trinajstić information content (AvgIpc) is 3.31. The molecule has 148 valence electrons. The Bertz CT molecular complexity index is 1200. The number of hydrogen-bond acceptors (Lipinski definition) is 9. The molecule has 0 saturated heterocycles. The van der Waals surface area contributed by atoms with Gasteiger partial charge in [-0.3, -0.25) is 14.9 Å². The van der Waals surface area contributed by atoms with Crippen LogP contribution in [-0.4, -0.2) is 32.3 Å². The third-order valence-corrected chi connectivity index (χ3v) is 5.64. The van der Waals surface area contributed by atoms with Crippen molar-refractivity contribution < 1.29 is 14.1 Å². The lowest BCUT2D eigenvalue weighted by Crippen LogP contribution is -2.20. The predicted octanol–water partition coefficient (Wildman–Crippen LogP) is 2.76. The molecule has 11 heteroatoms. The van der Waals surface area contributed by atoms with Gasteiger partial charge in [-0.05, 0) is 19.1 Å². The maximum Gasteiger partial charge on any atom is 0.287 e. The minimum absolute atomic E-state index is 0.121. The predicted molar refractivity (Wildman–Crippen MR) is 109 cm³/mol. The molecular weight excluding hydrogens is 414 g/mol. The number of fused-ring (bicyclic) bond motifs is 1. The van der Waals surface area contributed by atoms with Gasteiger partial charge in [0.1, 0.15) is 11.5 Å². The zero-order valence-corrected chi connectivity index (χ0v) is 16.8. The number of nitrogens with one attached hydrogen (secondary N) is 1. The molecule has 0 aliphatic rings. The summed E-state index contributed by atoms with van der Waals surface area (Å²) in [7, 11) is 0. The molecule has 3 aromatic heterocycles. The van der Waals surface area contributed by atoms with Crippen molar-refractivity contribution >= 4 is 39.8 Å². The van der Waals surface area contributed by atoms with E-state index in [0.29, 0.717) is 38.1 Å². The van der Waals surface area contributed by atoms with Gasteiger partial charge < -0.3 is 9.26 Å². The normalized spacial score (nSPS) is 10.9. The number of amides is 1. The molecule has 0 fully saturated rings. The van der Waals surface area contributed by atoms with Crippen LogP contribution in [0.2, 0.25) is 0 Å². The summed E-state index contributed by atoms with van der Waals surface area (Å²) in [6, 6.07) is 12.2. The Morgan fingerprint density at radius 2 is 2.10 bits per heavy atom. The molecule has 9 nitrogen and oxygen atoms in total. The van der Waals surface area contributed by atoms with Crippen LogP contribution in [0.5, 0.6) is 5.75 Å². The summed E-state index contributed by atoms with van der Waals surface area (Å²) >= 11 is 2.61. The number of aromatic nitrogens is 4. The minimum atomic E-state index is -0.322. The third kappa shape index (κ3) is 4.81. The van der Waals surface area contributed by atoms with Gasteiger partial charge in [-0.15, -0.1) is 14.8 Å². The van der Waals surface area contributed by atoms with Crippen molar-refractivity contribution in [1.82, 2.24) is 19.8 Å². The van der Waals surface area contributed by atoms with Crippen LogP contribution in [0.1, 0.15) is 11.5 Å². The number of benzene rings is 1. The molecular formula is C18H15N5O4S2. The highest BCUT2D eigenvalue weighted by molar-refractivity contribution is 8.00. The van der Waals surface area contributed by atoms with E-state index in [-0.39, 0.29) is 18.1 Å². The summed E-state index contributed by atoms with van der Waals surface area (Å²) in [6.45, 7) is 1.63. The highest BCUT2D eigenvalue weighted by Gasteiger charge is 2.11. The first-order valence-corrected chi connectivity index (χ1v) is 10.3. The molecule has 4 rings (SSSR count). The van der Waals surface area contributed by atoms with Crippen LogP contribution in [0.4, 0.5) is 5.13 Å². The van der Waals surface area contributed by atoms with E-state index in [2.05, 4.69) is 20.5 Å². The quantitative estimate of drug-likeness (QED) is 0.353. The molecule has 0 unspecified atom stereocenters. The van der Waals surface area contributed by atoms with Crippen LogP contribution >= 0.6 is 23.1 Å². The van der Waals surface area contributed by atoms with Crippen LogP contribution < -0.4 is 15.6 Å². The van der Waals surface area contributed by atoms with Crippen LogP contribution in [0.3, 0.4) is 0 Å². The summed E-state index contributed by atoms with van der Waals surface area (Å²) in [4.78, 5) is 28.4. The van der Waals surface area contributed by atoms with Gasteiger partial charge in [-0.2, -0.15) is 0 Å². The number of rotatable bonds is 7. The number of hydrogen-bond donors (Lipinski definition) is 1. The van der Waals surface area contributed by atoms with E-state index in [0.717, 1.165) is 4.57 Å². The van der Waals surface area contributed by atoms with Gasteiger partial charge in [0.15, 0.2) is 16.6 Å². The number of para-hydroxylation sites is 1. The van der Waals surface area contributed by atoms with Crippen molar-refractivity contribution in [2.24, 2.45) is 0 Å². The first-order valence-electron chi connectivity index (χ1n) is 8.50. The summed E-state index contributed by atoms with van der Waals surface area (Å²) in [6.07, 6.45) is 0. The van der Waals surface area contributed by atoms with Gasteiger partial charge in [-0.25, -0.2) is 4.98 Å². The molecule has 0 spiro atoms. The molecule has 29 heavy (non-hydrogen) atoms. The lowest BCUT2D eigenvalue weighted by Gasteiger charge is -2.04. The van der Waals surface area contributed by atoms with E-state index in [4.69, 9.17) is 9.26 Å². The monoisotopic (exact) mass is 429 g/mol. The molecule has 1 aromatic carbocycles. The molecule has 0 radical (unpaired) electrons. The Hall–Kier alpha value is -3.18. The van der Waals surface area contributed by atoms with Crippen molar-refractivity contribution in [1.29, 1.82) is 0 Å². The van der Waals surface area contributed by atoms with Gasteiger partial charge in [0.05, 0.1) is 5.69 Å². The molecule has 1 amide bonds. The second kappa shape index (κ2) is 8.45. The first-order chi connectivity index (χ1) is 14.1. The molecule has 4 aromatic rings. The van der Waals surface area contributed by atoms with Crippen molar-refractivity contribution in [2.75, 3.05) is 11.9 Å². The smallest absolute Gasteiger partial charge is 0.287 e. The zero-order valence-electron chi connectivity index (χ0n) is 15.2. The van der Waals surface area contributed by atoms with Crippen molar-refractivity contribution in [3.8, 4) is 5.75 Å². The van der Waals surface area contributed by atoms with Gasteiger partial charge >= 0.3 is 0 Å². The van der Waals surface area contributed by atoms with Crippen molar-refractivity contribution in [3.05, 3.63) is 64.3 Å². The van der Waals surface area contributed by atoms with Crippen molar-refractivity contribution in [2.45, 2.75) is 17.0 Å². The summed E-state index contributed by atoms with van der Waals surface area (Å²) in [5.74, 6) is 1.34. The number of carbonyl (C=O) groups excluding carboxylic acids is 1. The van der Waals surface area contributed by atoms with Crippen LogP contribution in [-0.2, 0) is 10.5 Å². The number of aryl methyl sites for hydroxylation is 1. The lowest BCUT2D eigenvalue weighted by atomic mass is 10.3. The second-order valence-electron chi connectivity index (χ2n) is 5.90. The molecule has 1 N–H and O–H groups in total. The molecule has 0 aliphatic carbocycles. The van der Waals surface area contributed by atoms with E-state index < -0.39 is 0 Å². The van der Waals surface area contributed by atoms with Gasteiger partial charge in [0.25, 0.3) is 11.5 Å². The second-order valence-corrected chi connectivity index (χ2v) is 8.10. The van der Waals surface area contributed by atoms with Gasteiger partial charge in [-0.1, -0.05) is 41.3 Å². The Labute approximate surface area is 172 Å². The van der Waals surface area contributed by atoms with Crippen molar-refractivity contribution in [3.63, 3.8) is 0 Å². The van der Waals surface area contributed by atoms with Crippen LogP contribution in [0, 0.1) is 6.92 Å². The number of thioether (sulfide) groups is 1. The number of carbonyl (C=O) groups is 1. The van der Waals surface area contributed by atoms with E-state index in [1.165, 1.54) is 29.2 Å². The number of anilines is 1. The fourth-order valence-electron chi connectivity index (χ4n) is 2.42. The Morgan fingerprint density at radius 3 is 2.93 bits per heavy atom. The maximum atomic E-state index is 12.0.